The molecule has 0 N–H and O–H groups in total. The van der Waals surface area contributed by atoms with Crippen molar-refractivity contribution in [1.82, 2.24) is 0 Å². The van der Waals surface area contributed by atoms with Crippen LogP contribution in [0.15, 0.2) is 12.2 Å². The quantitative estimate of drug-likeness (QED) is 0.107. The summed E-state index contributed by atoms with van der Waals surface area (Å²) in [6, 6.07) is 0.861. The summed E-state index contributed by atoms with van der Waals surface area (Å²) in [5.74, 6) is -0.313. The Bertz CT molecular complexity index is 369. The maximum absolute atomic E-state index is 11.5. The molecular weight excluding hydrogens is 356 g/mol. The van der Waals surface area contributed by atoms with Crippen LogP contribution in [0.25, 0.3) is 0 Å². The summed E-state index contributed by atoms with van der Waals surface area (Å²) in [6.45, 7) is 13.9. The maximum atomic E-state index is 11.5. The first-order valence-corrected chi connectivity index (χ1v) is 13.6. The van der Waals surface area contributed by atoms with Crippen molar-refractivity contribution in [3.8, 4) is 0 Å². The number of unbranched alkanes of at least 4 members (excludes halogenated alkanes) is 8. The molecule has 160 valence electrons. The molecule has 0 heterocycles. The summed E-state index contributed by atoms with van der Waals surface area (Å²) in [5.41, 5.74) is 0.446. The number of ether oxygens (including phenoxy) is 1. The molecule has 0 rings (SSSR count). The number of hydrogen-bond donors (Lipinski definition) is 0. The predicted octanol–water partition coefficient (Wildman–Crippen LogP) is 6.54. The second-order valence-corrected chi connectivity index (χ2v) is 11.0. The molecule has 27 heavy (non-hydrogen) atoms. The molecule has 0 aliphatic rings. The number of carbonyl (C=O) groups excluding carboxylic acids is 1. The van der Waals surface area contributed by atoms with Crippen molar-refractivity contribution in [3.63, 3.8) is 0 Å². The molecular formula is C22H44O4Si. The van der Waals surface area contributed by atoms with E-state index >= 15 is 0 Å². The van der Waals surface area contributed by atoms with E-state index in [9.17, 15) is 4.79 Å². The lowest BCUT2D eigenvalue weighted by molar-refractivity contribution is -0.138. The average molecular weight is 401 g/mol. The van der Waals surface area contributed by atoms with Crippen LogP contribution < -0.4 is 0 Å². The van der Waals surface area contributed by atoms with Crippen LogP contribution in [0, 0.1) is 0 Å². The normalized spacial score (nSPS) is 11.6. The summed E-state index contributed by atoms with van der Waals surface area (Å²) < 4.78 is 17.7. The molecule has 0 unspecified atom stereocenters. The van der Waals surface area contributed by atoms with Crippen molar-refractivity contribution in [1.29, 1.82) is 0 Å². The topological polar surface area (TPSA) is 44.8 Å². The van der Waals surface area contributed by atoms with Gasteiger partial charge in [0.1, 0.15) is 0 Å². The molecule has 0 saturated heterocycles. The van der Waals surface area contributed by atoms with Gasteiger partial charge in [0.05, 0.1) is 6.61 Å². The highest BCUT2D eigenvalue weighted by molar-refractivity contribution is 6.66. The monoisotopic (exact) mass is 400 g/mol. The molecule has 4 nitrogen and oxygen atoms in total. The van der Waals surface area contributed by atoms with Gasteiger partial charge in [-0.1, -0.05) is 71.8 Å². The Hall–Kier alpha value is -0.653. The Morgan fingerprint density at radius 1 is 0.778 bits per heavy atom. The minimum absolute atomic E-state index is 0.313. The van der Waals surface area contributed by atoms with E-state index in [2.05, 4.69) is 27.0 Å². The molecule has 0 fully saturated rings. The molecule has 5 heteroatoms. The van der Waals surface area contributed by atoms with Gasteiger partial charge in [-0.15, -0.1) is 0 Å². The fourth-order valence-electron chi connectivity index (χ4n) is 2.85. The van der Waals surface area contributed by atoms with Gasteiger partial charge in [0.15, 0.2) is 0 Å². The van der Waals surface area contributed by atoms with Crippen LogP contribution in [0.4, 0.5) is 0 Å². The molecule has 0 aliphatic heterocycles. The summed E-state index contributed by atoms with van der Waals surface area (Å²) in [7, 11) is -2.20. The lowest BCUT2D eigenvalue weighted by Gasteiger charge is -2.27. The predicted molar refractivity (Wildman–Crippen MR) is 116 cm³/mol. The van der Waals surface area contributed by atoms with E-state index < -0.39 is 8.56 Å². The van der Waals surface area contributed by atoms with Crippen LogP contribution in [0.1, 0.15) is 91.4 Å². The number of rotatable bonds is 19. The van der Waals surface area contributed by atoms with Crippen LogP contribution >= 0.6 is 0 Å². The first kappa shape index (κ1) is 26.3. The van der Waals surface area contributed by atoms with Crippen LogP contribution in [0.3, 0.4) is 0 Å². The lowest BCUT2D eigenvalue weighted by Crippen LogP contribution is -2.39. The van der Waals surface area contributed by atoms with Crippen LogP contribution in [-0.2, 0) is 18.4 Å². The second-order valence-electron chi connectivity index (χ2n) is 7.68. The van der Waals surface area contributed by atoms with Gasteiger partial charge in [-0.25, -0.2) is 4.79 Å². The van der Waals surface area contributed by atoms with Crippen molar-refractivity contribution in [3.05, 3.63) is 12.2 Å². The molecule has 0 aromatic heterocycles. The minimum atomic E-state index is -2.20. The molecule has 0 atom stereocenters. The Morgan fingerprint density at radius 3 is 1.70 bits per heavy atom. The third-order valence-corrected chi connectivity index (χ3v) is 7.56. The molecule has 0 radical (unpaired) electrons. The smallest absolute Gasteiger partial charge is 0.335 e. The van der Waals surface area contributed by atoms with Crippen molar-refractivity contribution < 1.29 is 18.4 Å². The van der Waals surface area contributed by atoms with Gasteiger partial charge in [-0.3, -0.25) is 0 Å². The van der Waals surface area contributed by atoms with Crippen LogP contribution in [0.5, 0.6) is 0 Å². The van der Waals surface area contributed by atoms with E-state index in [4.69, 9.17) is 13.6 Å². The molecule has 0 saturated carbocycles. The van der Waals surface area contributed by atoms with Crippen LogP contribution in [-0.4, -0.2) is 34.4 Å². The zero-order valence-corrected chi connectivity index (χ0v) is 19.4. The van der Waals surface area contributed by atoms with E-state index in [1.54, 1.807) is 6.92 Å². The standard InChI is InChI=1S/C22H44O4Si/c1-6-8-10-12-14-18-25-27(5,26-19-15-13-11-9-7-2)20-16-17-24-22(23)21(3)4/h3,6-20H2,1-2,4-5H3. The highest BCUT2D eigenvalue weighted by Gasteiger charge is 2.31. The molecule has 0 amide bonds. The van der Waals surface area contributed by atoms with Crippen LogP contribution in [0.2, 0.25) is 12.6 Å². The molecule has 0 spiro atoms. The zero-order chi connectivity index (χ0) is 20.4. The van der Waals surface area contributed by atoms with Gasteiger partial charge in [0.25, 0.3) is 0 Å². The third kappa shape index (κ3) is 16.0. The Kier molecular flexibility index (Phi) is 17.0. The van der Waals surface area contributed by atoms with E-state index in [0.29, 0.717) is 12.2 Å². The van der Waals surface area contributed by atoms with Gasteiger partial charge in [0, 0.05) is 18.8 Å². The number of hydrogen-bond acceptors (Lipinski definition) is 4. The summed E-state index contributed by atoms with van der Waals surface area (Å²) in [4.78, 5) is 11.5. The van der Waals surface area contributed by atoms with Crippen molar-refractivity contribution in [2.75, 3.05) is 19.8 Å². The van der Waals surface area contributed by atoms with E-state index in [1.807, 2.05) is 0 Å². The largest absolute Gasteiger partial charge is 0.462 e. The Labute approximate surface area is 169 Å². The number of esters is 1. The SMILES string of the molecule is C=C(C)C(=O)OCCC[Si](C)(OCCCCCCC)OCCCCCCC. The number of carbonyl (C=O) groups is 1. The first-order chi connectivity index (χ1) is 12.9. The average Bonchev–Trinajstić information content (AvgIpc) is 2.64. The van der Waals surface area contributed by atoms with Crippen molar-refractivity contribution in [2.24, 2.45) is 0 Å². The fourth-order valence-corrected chi connectivity index (χ4v) is 5.17. The molecule has 0 aromatic rings. The van der Waals surface area contributed by atoms with Gasteiger partial charge in [0.2, 0.25) is 0 Å². The maximum Gasteiger partial charge on any atom is 0.335 e. The second kappa shape index (κ2) is 17.4. The molecule has 0 bridgehead atoms. The van der Waals surface area contributed by atoms with Crippen molar-refractivity contribution in [2.45, 2.75) is 104 Å². The van der Waals surface area contributed by atoms with Gasteiger partial charge < -0.3 is 13.6 Å². The Morgan fingerprint density at radius 2 is 1.26 bits per heavy atom. The van der Waals surface area contributed by atoms with Crippen molar-refractivity contribution >= 4 is 14.5 Å². The minimum Gasteiger partial charge on any atom is -0.462 e. The van der Waals surface area contributed by atoms with E-state index in [0.717, 1.165) is 38.5 Å². The van der Waals surface area contributed by atoms with Gasteiger partial charge in [-0.05, 0) is 38.8 Å². The van der Waals surface area contributed by atoms with Gasteiger partial charge >= 0.3 is 14.5 Å². The zero-order valence-electron chi connectivity index (χ0n) is 18.4. The fraction of sp³-hybridized carbons (Fsp3) is 0.864. The highest BCUT2D eigenvalue weighted by Crippen LogP contribution is 2.18. The first-order valence-electron chi connectivity index (χ1n) is 11.1. The van der Waals surface area contributed by atoms with E-state index in [1.165, 1.54) is 51.4 Å². The molecule has 0 aromatic carbocycles. The highest BCUT2D eigenvalue weighted by atomic mass is 28.4. The third-order valence-electron chi connectivity index (χ3n) is 4.67. The summed E-state index contributed by atoms with van der Waals surface area (Å²) >= 11 is 0. The Balaban J connectivity index is 4.20. The van der Waals surface area contributed by atoms with E-state index in [-0.39, 0.29) is 5.97 Å². The summed E-state index contributed by atoms with van der Waals surface area (Å²) in [5, 5.41) is 0. The molecule has 0 aliphatic carbocycles. The summed E-state index contributed by atoms with van der Waals surface area (Å²) in [6.07, 6.45) is 13.1. The lowest BCUT2D eigenvalue weighted by atomic mass is 10.2. The van der Waals surface area contributed by atoms with Gasteiger partial charge in [-0.2, -0.15) is 0 Å².